The third-order valence-corrected chi connectivity index (χ3v) is 8.49. The molecule has 0 bridgehead atoms. The Balaban J connectivity index is 1.06. The number of likely N-dealkylation sites (tertiary alicyclic amines) is 1. The van der Waals surface area contributed by atoms with Crippen molar-refractivity contribution < 1.29 is 41.7 Å². The van der Waals surface area contributed by atoms with Gasteiger partial charge in [-0.3, -0.25) is 4.90 Å². The van der Waals surface area contributed by atoms with Crippen LogP contribution in [0.15, 0.2) is 48.7 Å². The minimum atomic E-state index is -4.66. The quantitative estimate of drug-likeness (QED) is 0.193. The minimum absolute atomic E-state index is 0.0393. The summed E-state index contributed by atoms with van der Waals surface area (Å²) in [5.74, 6) is -1.18. The highest BCUT2D eigenvalue weighted by Crippen LogP contribution is 2.33. The number of carboxylic acids is 1. The molecule has 0 aliphatic carbocycles. The van der Waals surface area contributed by atoms with Crippen molar-refractivity contribution in [1.29, 1.82) is 0 Å². The summed E-state index contributed by atoms with van der Waals surface area (Å²) in [6, 6.07) is 8.57. The lowest BCUT2D eigenvalue weighted by Crippen LogP contribution is -2.40. The van der Waals surface area contributed by atoms with Crippen LogP contribution >= 0.6 is 0 Å². The standard InChI is InChI=1S/C30H28F4N5O5Si/c31-20-14-18(30(32,33)34)2-4-23(20)43-16-25-35-9-5-27(37-25)44-19-6-10-38(11-7-19)15-26-36-21-3-1-17(29(40)41)13-22(21)39(26)28(45)24-8-12-42-24/h1-5,9,13-14,19,24,28H,6-8,10-12,15-16H2,(H,40,41)/t24-,28+/m0/s1. The van der Waals surface area contributed by atoms with E-state index in [2.05, 4.69) is 25.1 Å². The van der Waals surface area contributed by atoms with E-state index in [1.54, 1.807) is 24.3 Å². The Hall–Kier alpha value is -4.08. The first-order valence-corrected chi connectivity index (χ1v) is 14.9. The molecule has 45 heavy (non-hydrogen) atoms. The predicted octanol–water partition coefficient (Wildman–Crippen LogP) is 4.76. The number of hydrogen-bond acceptors (Lipinski definition) is 8. The van der Waals surface area contributed by atoms with Gasteiger partial charge in [-0.15, -0.1) is 0 Å². The number of piperidine rings is 1. The second-order valence-corrected chi connectivity index (χ2v) is 11.5. The fourth-order valence-corrected chi connectivity index (χ4v) is 5.93. The SMILES string of the molecule is O=C(O)c1ccc2nc(CN3CCC(Oc4ccnc(COc5ccc(C(F)(F)F)cc5F)n4)CC3)n([C@H]([Si])[C@@H]3CCO3)c2c1. The van der Waals surface area contributed by atoms with Gasteiger partial charge in [0.15, 0.2) is 17.4 Å². The molecule has 0 amide bonds. The molecule has 10 nitrogen and oxygen atoms in total. The van der Waals surface area contributed by atoms with E-state index in [0.29, 0.717) is 43.5 Å². The summed E-state index contributed by atoms with van der Waals surface area (Å²) in [4.78, 5) is 27.1. The first-order chi connectivity index (χ1) is 21.5. The zero-order valence-corrected chi connectivity index (χ0v) is 24.8. The Morgan fingerprint density at radius 1 is 1.11 bits per heavy atom. The topological polar surface area (TPSA) is 112 Å². The molecule has 2 aromatic heterocycles. The zero-order valence-electron chi connectivity index (χ0n) is 23.8. The number of fused-ring (bicyclic) bond motifs is 1. The van der Waals surface area contributed by atoms with Crippen LogP contribution < -0.4 is 9.47 Å². The highest BCUT2D eigenvalue weighted by molar-refractivity contribution is 6.11. The molecule has 235 valence electrons. The van der Waals surface area contributed by atoms with Crippen LogP contribution in [0, 0.1) is 5.82 Å². The molecule has 0 spiro atoms. The molecule has 1 N–H and O–H groups in total. The number of aromatic nitrogens is 4. The second-order valence-electron chi connectivity index (χ2n) is 10.9. The van der Waals surface area contributed by atoms with Crippen molar-refractivity contribution in [2.75, 3.05) is 19.7 Å². The molecule has 0 saturated carbocycles. The van der Waals surface area contributed by atoms with Crippen molar-refractivity contribution in [2.24, 2.45) is 0 Å². The van der Waals surface area contributed by atoms with Crippen molar-refractivity contribution in [3.8, 4) is 11.6 Å². The number of carbonyl (C=O) groups is 1. The number of carboxylic acid groups (broad SMARTS) is 1. The van der Waals surface area contributed by atoms with E-state index in [-0.39, 0.29) is 41.6 Å². The number of halogens is 4. The summed E-state index contributed by atoms with van der Waals surface area (Å²) in [6.45, 7) is 2.41. The lowest BCUT2D eigenvalue weighted by atomic mass is 10.1. The summed E-state index contributed by atoms with van der Waals surface area (Å²) in [5.41, 5.74) is 0.320. The Labute approximate surface area is 258 Å². The first-order valence-electron chi connectivity index (χ1n) is 14.3. The number of rotatable bonds is 10. The molecule has 6 rings (SSSR count). The fraction of sp³-hybridized carbons (Fsp3) is 0.400. The molecule has 4 aromatic rings. The van der Waals surface area contributed by atoms with Crippen LogP contribution in [0.2, 0.25) is 0 Å². The lowest BCUT2D eigenvalue weighted by Gasteiger charge is -2.35. The van der Waals surface area contributed by atoms with Crippen molar-refractivity contribution in [1.82, 2.24) is 24.4 Å². The third kappa shape index (κ3) is 6.94. The molecular weight excluding hydrogens is 614 g/mol. The summed E-state index contributed by atoms with van der Waals surface area (Å²) >= 11 is 0. The Kier molecular flexibility index (Phi) is 8.75. The summed E-state index contributed by atoms with van der Waals surface area (Å²) in [7, 11) is 3.82. The summed E-state index contributed by atoms with van der Waals surface area (Å²) < 4.78 is 71.7. The van der Waals surface area contributed by atoms with Gasteiger partial charge in [-0.1, -0.05) is 0 Å². The maximum Gasteiger partial charge on any atom is 0.416 e. The number of hydrogen-bond donors (Lipinski definition) is 1. The van der Waals surface area contributed by atoms with Gasteiger partial charge < -0.3 is 23.9 Å². The molecule has 2 aliphatic heterocycles. The van der Waals surface area contributed by atoms with E-state index >= 15 is 0 Å². The largest absolute Gasteiger partial charge is 0.483 e. The Morgan fingerprint density at radius 3 is 2.56 bits per heavy atom. The van der Waals surface area contributed by atoms with E-state index in [9.17, 15) is 27.5 Å². The van der Waals surface area contributed by atoms with Gasteiger partial charge >= 0.3 is 12.1 Å². The van der Waals surface area contributed by atoms with E-state index in [1.807, 2.05) is 4.57 Å². The van der Waals surface area contributed by atoms with Gasteiger partial charge in [0.1, 0.15) is 18.5 Å². The number of nitrogens with zero attached hydrogens (tertiary/aromatic N) is 5. The lowest BCUT2D eigenvalue weighted by molar-refractivity contribution is -0.137. The Bertz CT molecular complexity index is 1690. The van der Waals surface area contributed by atoms with Crippen LogP contribution in [-0.4, -0.2) is 77.6 Å². The van der Waals surface area contributed by atoms with Gasteiger partial charge in [0.2, 0.25) is 5.88 Å². The molecule has 2 atom stereocenters. The van der Waals surface area contributed by atoms with Crippen molar-refractivity contribution in [3.05, 3.63) is 77.3 Å². The van der Waals surface area contributed by atoms with E-state index < -0.39 is 23.5 Å². The molecule has 3 radical (unpaired) electrons. The van der Waals surface area contributed by atoms with Gasteiger partial charge in [-0.2, -0.15) is 18.2 Å². The first kappa shape index (κ1) is 30.9. The molecular formula is C30H28F4N5O5Si. The Morgan fingerprint density at radius 2 is 1.89 bits per heavy atom. The average Bonchev–Trinajstić information content (AvgIpc) is 3.33. The summed E-state index contributed by atoms with van der Waals surface area (Å²) in [6.07, 6.45) is -1.04. The fourth-order valence-electron chi connectivity index (χ4n) is 5.38. The number of ether oxygens (including phenoxy) is 3. The smallest absolute Gasteiger partial charge is 0.416 e. The van der Waals surface area contributed by atoms with E-state index in [1.165, 1.54) is 6.20 Å². The average molecular weight is 643 g/mol. The maximum atomic E-state index is 14.1. The van der Waals surface area contributed by atoms with Gasteiger partial charge in [0, 0.05) is 37.6 Å². The van der Waals surface area contributed by atoms with Gasteiger partial charge in [0.05, 0.1) is 45.1 Å². The van der Waals surface area contributed by atoms with Crippen LogP contribution in [0.4, 0.5) is 17.6 Å². The number of imidazole rings is 1. The molecule has 15 heteroatoms. The molecule has 0 unspecified atom stereocenters. The van der Waals surface area contributed by atoms with Crippen LogP contribution in [0.1, 0.15) is 52.5 Å². The highest BCUT2D eigenvalue weighted by Gasteiger charge is 2.32. The van der Waals surface area contributed by atoms with Gasteiger partial charge in [-0.25, -0.2) is 19.2 Å². The molecule has 2 aliphatic rings. The summed E-state index contributed by atoms with van der Waals surface area (Å²) in [5, 5.41) is 9.52. The van der Waals surface area contributed by atoms with Crippen molar-refractivity contribution in [2.45, 2.75) is 56.5 Å². The molecule has 2 fully saturated rings. The zero-order chi connectivity index (χ0) is 31.7. The van der Waals surface area contributed by atoms with Crippen molar-refractivity contribution >= 4 is 27.2 Å². The van der Waals surface area contributed by atoms with Gasteiger partial charge in [0.25, 0.3) is 0 Å². The molecule has 2 saturated heterocycles. The molecule has 4 heterocycles. The van der Waals surface area contributed by atoms with Crippen LogP contribution in [-0.2, 0) is 24.1 Å². The van der Waals surface area contributed by atoms with E-state index in [0.717, 1.165) is 43.0 Å². The normalized spacial score (nSPS) is 18.5. The van der Waals surface area contributed by atoms with Crippen molar-refractivity contribution in [3.63, 3.8) is 0 Å². The molecule has 2 aromatic carbocycles. The third-order valence-electron chi connectivity index (χ3n) is 7.86. The van der Waals surface area contributed by atoms with E-state index in [4.69, 9.17) is 19.2 Å². The monoisotopic (exact) mass is 642 g/mol. The number of benzene rings is 2. The van der Waals surface area contributed by atoms with Crippen LogP contribution in [0.3, 0.4) is 0 Å². The predicted molar refractivity (Wildman–Crippen MR) is 153 cm³/mol. The van der Waals surface area contributed by atoms with Crippen LogP contribution in [0.5, 0.6) is 11.6 Å². The highest BCUT2D eigenvalue weighted by atomic mass is 28.1. The number of aromatic carboxylic acids is 1. The van der Waals surface area contributed by atoms with Crippen LogP contribution in [0.25, 0.3) is 11.0 Å². The van der Waals surface area contributed by atoms with Gasteiger partial charge in [-0.05, 0) is 55.7 Å². The second kappa shape index (κ2) is 12.7. The maximum absolute atomic E-state index is 14.1. The number of alkyl halides is 3. The minimum Gasteiger partial charge on any atom is -0.483 e.